The molecule has 1 saturated carbocycles. The zero-order chi connectivity index (χ0) is 14.0. The average molecular weight is 276 g/mol. The molecule has 3 nitrogen and oxygen atoms in total. The molecular weight excluding hydrogens is 256 g/mol. The summed E-state index contributed by atoms with van der Waals surface area (Å²) in [4.78, 5) is 14.1. The standard InChI is InChI=1S/C15H20N2OS/c1-10-4-6-15(9-16,7-5-10)17-14(18)13-8-11(2)12(3)19-13/h8,10H,4-7H2,1-3H3,(H,17,18). The Kier molecular flexibility index (Phi) is 3.96. The SMILES string of the molecule is Cc1cc(C(=O)NC2(C#N)CCC(C)CC2)sc1C. The molecule has 0 unspecified atom stereocenters. The largest absolute Gasteiger partial charge is 0.333 e. The van der Waals surface area contributed by atoms with Gasteiger partial charge in [-0.3, -0.25) is 4.79 Å². The van der Waals surface area contributed by atoms with Gasteiger partial charge in [0, 0.05) is 4.88 Å². The Labute approximate surface area is 118 Å². The minimum Gasteiger partial charge on any atom is -0.333 e. The molecule has 0 bridgehead atoms. The van der Waals surface area contributed by atoms with Gasteiger partial charge in [0.2, 0.25) is 0 Å². The smallest absolute Gasteiger partial charge is 0.262 e. The first-order valence-electron chi connectivity index (χ1n) is 6.76. The van der Waals surface area contributed by atoms with Crippen LogP contribution in [0, 0.1) is 31.1 Å². The average Bonchev–Trinajstić information content (AvgIpc) is 2.73. The topological polar surface area (TPSA) is 52.9 Å². The Morgan fingerprint density at radius 2 is 2.11 bits per heavy atom. The molecule has 0 spiro atoms. The van der Waals surface area contributed by atoms with Crippen LogP contribution in [0.4, 0.5) is 0 Å². The quantitative estimate of drug-likeness (QED) is 0.897. The molecule has 0 atom stereocenters. The fourth-order valence-corrected chi connectivity index (χ4v) is 3.41. The number of carbonyl (C=O) groups excluding carboxylic acids is 1. The number of rotatable bonds is 2. The number of hydrogen-bond acceptors (Lipinski definition) is 3. The summed E-state index contributed by atoms with van der Waals surface area (Å²) >= 11 is 1.50. The third-order valence-electron chi connectivity index (χ3n) is 4.08. The Balaban J connectivity index is 2.11. The first-order chi connectivity index (χ1) is 8.96. The lowest BCUT2D eigenvalue weighted by Crippen LogP contribution is -2.49. The summed E-state index contributed by atoms with van der Waals surface area (Å²) in [7, 11) is 0. The van der Waals surface area contributed by atoms with Gasteiger partial charge in [-0.15, -0.1) is 11.3 Å². The maximum Gasteiger partial charge on any atom is 0.262 e. The van der Waals surface area contributed by atoms with E-state index in [0.29, 0.717) is 10.8 Å². The van der Waals surface area contributed by atoms with E-state index in [-0.39, 0.29) is 5.91 Å². The molecule has 2 rings (SSSR count). The van der Waals surface area contributed by atoms with E-state index in [4.69, 9.17) is 0 Å². The summed E-state index contributed by atoms with van der Waals surface area (Å²) in [6, 6.07) is 4.24. The van der Waals surface area contributed by atoms with Crippen molar-refractivity contribution in [3.05, 3.63) is 21.4 Å². The van der Waals surface area contributed by atoms with E-state index in [1.165, 1.54) is 11.3 Å². The molecule has 0 saturated heterocycles. The van der Waals surface area contributed by atoms with E-state index in [1.807, 2.05) is 19.9 Å². The van der Waals surface area contributed by atoms with Crippen molar-refractivity contribution in [3.8, 4) is 6.07 Å². The lowest BCUT2D eigenvalue weighted by molar-refractivity contribution is 0.0898. The summed E-state index contributed by atoms with van der Waals surface area (Å²) < 4.78 is 0. The van der Waals surface area contributed by atoms with Gasteiger partial charge in [-0.05, 0) is 57.1 Å². The van der Waals surface area contributed by atoms with E-state index >= 15 is 0 Å². The number of nitriles is 1. The molecule has 102 valence electrons. The van der Waals surface area contributed by atoms with Crippen LogP contribution < -0.4 is 5.32 Å². The summed E-state index contributed by atoms with van der Waals surface area (Å²) in [5, 5.41) is 12.4. The third-order valence-corrected chi connectivity index (χ3v) is 5.24. The van der Waals surface area contributed by atoms with Crippen LogP contribution >= 0.6 is 11.3 Å². The zero-order valence-electron chi connectivity index (χ0n) is 11.7. The molecule has 1 aliphatic rings. The van der Waals surface area contributed by atoms with Gasteiger partial charge in [-0.25, -0.2) is 0 Å². The predicted octanol–water partition coefficient (Wildman–Crippen LogP) is 3.57. The highest BCUT2D eigenvalue weighted by Gasteiger charge is 2.36. The van der Waals surface area contributed by atoms with Crippen LogP contribution in [0.1, 0.15) is 52.7 Å². The van der Waals surface area contributed by atoms with E-state index in [9.17, 15) is 10.1 Å². The number of amides is 1. The van der Waals surface area contributed by atoms with E-state index < -0.39 is 5.54 Å². The lowest BCUT2D eigenvalue weighted by atomic mass is 9.78. The van der Waals surface area contributed by atoms with Crippen molar-refractivity contribution in [2.24, 2.45) is 5.92 Å². The second-order valence-corrected chi connectivity index (χ2v) is 6.94. The molecule has 1 aromatic rings. The second kappa shape index (κ2) is 5.34. The lowest BCUT2D eigenvalue weighted by Gasteiger charge is -2.34. The molecule has 1 amide bonds. The van der Waals surface area contributed by atoms with Gasteiger partial charge in [-0.1, -0.05) is 6.92 Å². The first kappa shape index (κ1) is 14.1. The summed E-state index contributed by atoms with van der Waals surface area (Å²) in [5.74, 6) is 0.557. The summed E-state index contributed by atoms with van der Waals surface area (Å²) in [5.41, 5.74) is 0.480. The van der Waals surface area contributed by atoms with Crippen LogP contribution in [0.5, 0.6) is 0 Å². The molecule has 0 radical (unpaired) electrons. The van der Waals surface area contributed by atoms with Crippen LogP contribution in [0.15, 0.2) is 6.07 Å². The molecule has 1 heterocycles. The van der Waals surface area contributed by atoms with Gasteiger partial charge in [0.05, 0.1) is 10.9 Å². The molecule has 1 aliphatic carbocycles. The van der Waals surface area contributed by atoms with Gasteiger partial charge >= 0.3 is 0 Å². The van der Waals surface area contributed by atoms with Crippen molar-refractivity contribution in [3.63, 3.8) is 0 Å². The van der Waals surface area contributed by atoms with Crippen LogP contribution in [-0.4, -0.2) is 11.4 Å². The van der Waals surface area contributed by atoms with Gasteiger partial charge < -0.3 is 5.32 Å². The molecule has 4 heteroatoms. The Morgan fingerprint density at radius 3 is 2.58 bits per heavy atom. The maximum atomic E-state index is 12.3. The third kappa shape index (κ3) is 2.98. The van der Waals surface area contributed by atoms with Crippen molar-refractivity contribution < 1.29 is 4.79 Å². The summed E-state index contributed by atoms with van der Waals surface area (Å²) in [6.45, 7) is 6.22. The van der Waals surface area contributed by atoms with Crippen molar-refractivity contribution in [2.45, 2.75) is 52.0 Å². The first-order valence-corrected chi connectivity index (χ1v) is 7.58. The number of hydrogen-bond donors (Lipinski definition) is 1. The molecule has 1 N–H and O–H groups in total. The Morgan fingerprint density at radius 1 is 1.47 bits per heavy atom. The van der Waals surface area contributed by atoms with Crippen molar-refractivity contribution >= 4 is 17.2 Å². The highest BCUT2D eigenvalue weighted by molar-refractivity contribution is 7.14. The van der Waals surface area contributed by atoms with Gasteiger partial charge in [0.15, 0.2) is 0 Å². The molecule has 19 heavy (non-hydrogen) atoms. The summed E-state index contributed by atoms with van der Waals surface area (Å²) in [6.07, 6.45) is 3.55. The highest BCUT2D eigenvalue weighted by atomic mass is 32.1. The Bertz CT molecular complexity index is 499. The van der Waals surface area contributed by atoms with Gasteiger partial charge in [-0.2, -0.15) is 5.26 Å². The predicted molar refractivity (Wildman–Crippen MR) is 77.2 cm³/mol. The number of nitrogens with one attached hydrogen (secondary N) is 1. The second-order valence-electron chi connectivity index (χ2n) is 5.68. The van der Waals surface area contributed by atoms with E-state index in [2.05, 4.69) is 18.3 Å². The van der Waals surface area contributed by atoms with Crippen molar-refractivity contribution in [1.82, 2.24) is 5.32 Å². The van der Waals surface area contributed by atoms with Crippen molar-refractivity contribution in [1.29, 1.82) is 5.26 Å². The van der Waals surface area contributed by atoms with Gasteiger partial charge in [0.25, 0.3) is 5.91 Å². The number of aryl methyl sites for hydroxylation is 2. The molecular formula is C15H20N2OS. The number of carbonyl (C=O) groups is 1. The highest BCUT2D eigenvalue weighted by Crippen LogP contribution is 2.32. The van der Waals surface area contributed by atoms with Crippen molar-refractivity contribution in [2.75, 3.05) is 0 Å². The zero-order valence-corrected chi connectivity index (χ0v) is 12.6. The van der Waals surface area contributed by atoms with Gasteiger partial charge in [0.1, 0.15) is 5.54 Å². The maximum absolute atomic E-state index is 12.3. The fourth-order valence-electron chi connectivity index (χ4n) is 2.48. The van der Waals surface area contributed by atoms with Crippen LogP contribution in [0.2, 0.25) is 0 Å². The monoisotopic (exact) mass is 276 g/mol. The van der Waals surface area contributed by atoms with E-state index in [1.54, 1.807) is 0 Å². The fraction of sp³-hybridized carbons (Fsp3) is 0.600. The van der Waals surface area contributed by atoms with Crippen LogP contribution in [-0.2, 0) is 0 Å². The number of nitrogens with zero attached hydrogens (tertiary/aromatic N) is 1. The molecule has 1 aromatic heterocycles. The minimum absolute atomic E-state index is 0.0997. The molecule has 0 aromatic carbocycles. The minimum atomic E-state index is -0.657. The van der Waals surface area contributed by atoms with Crippen LogP contribution in [0.3, 0.4) is 0 Å². The normalized spacial score (nSPS) is 26.7. The van der Waals surface area contributed by atoms with Crippen LogP contribution in [0.25, 0.3) is 0 Å². The van der Waals surface area contributed by atoms with E-state index in [0.717, 1.165) is 36.1 Å². The number of thiophene rings is 1. The molecule has 0 aliphatic heterocycles. The Hall–Kier alpha value is -1.34. The molecule has 1 fully saturated rings.